The van der Waals surface area contributed by atoms with Crippen LogP contribution in [0, 0.1) is 5.82 Å². The van der Waals surface area contributed by atoms with Crippen LogP contribution in [0.5, 0.6) is 5.88 Å². The van der Waals surface area contributed by atoms with Gasteiger partial charge in [-0.25, -0.2) is 19.4 Å². The van der Waals surface area contributed by atoms with Crippen molar-refractivity contribution in [2.45, 2.75) is 45.0 Å². The minimum Gasteiger partial charge on any atom is -0.472 e. The van der Waals surface area contributed by atoms with Crippen LogP contribution in [0.25, 0.3) is 0 Å². The molecule has 0 radical (unpaired) electrons. The number of amides is 1. The summed E-state index contributed by atoms with van der Waals surface area (Å²) in [6, 6.07) is 5.38. The van der Waals surface area contributed by atoms with Gasteiger partial charge in [0.25, 0.3) is 5.91 Å². The zero-order valence-corrected chi connectivity index (χ0v) is 18.7. The highest BCUT2D eigenvalue weighted by atomic mass is 19.4. The van der Waals surface area contributed by atoms with Gasteiger partial charge < -0.3 is 9.64 Å². The molecule has 3 rings (SSSR count). The van der Waals surface area contributed by atoms with Crippen molar-refractivity contribution in [3.05, 3.63) is 71.3 Å². The quantitative estimate of drug-likeness (QED) is 0.335. The molecule has 0 unspecified atom stereocenters. The van der Waals surface area contributed by atoms with E-state index in [2.05, 4.69) is 21.7 Å². The molecule has 1 fully saturated rings. The molecule has 1 amide bonds. The molecule has 0 N–H and O–H groups in total. The van der Waals surface area contributed by atoms with Crippen LogP contribution in [0.15, 0.2) is 58.8 Å². The zero-order valence-electron chi connectivity index (χ0n) is 18.7. The summed E-state index contributed by atoms with van der Waals surface area (Å²) < 4.78 is 58.2. The molecule has 10 heteroatoms. The molecule has 0 saturated carbocycles. The lowest BCUT2D eigenvalue weighted by atomic mass is 9.97. The number of carbonyl (C=O) groups is 1. The van der Waals surface area contributed by atoms with E-state index in [4.69, 9.17) is 4.74 Å². The SMILES string of the molecule is C=N/C(=N\C=C/C)c1cc(F)ccc1C(=O)N1CCC[C@@H](Oc2ccc(C(F)(F)F)cn2)[C@@H]1C. The second-order valence-electron chi connectivity index (χ2n) is 7.70. The lowest BCUT2D eigenvalue weighted by Crippen LogP contribution is -2.51. The Kier molecular flexibility index (Phi) is 7.80. The summed E-state index contributed by atoms with van der Waals surface area (Å²) in [5, 5.41) is 0. The predicted molar refractivity (Wildman–Crippen MR) is 121 cm³/mol. The molecule has 2 aromatic rings. The number of nitrogens with zero attached hydrogens (tertiary/aromatic N) is 4. The normalized spacial score (nSPS) is 19.4. The Labute approximate surface area is 194 Å². The van der Waals surface area contributed by atoms with Crippen LogP contribution in [-0.4, -0.2) is 47.0 Å². The van der Waals surface area contributed by atoms with Gasteiger partial charge in [-0.15, -0.1) is 0 Å². The monoisotopic (exact) mass is 476 g/mol. The smallest absolute Gasteiger partial charge is 0.417 e. The first-order chi connectivity index (χ1) is 16.2. The van der Waals surface area contributed by atoms with Gasteiger partial charge in [-0.2, -0.15) is 13.2 Å². The van der Waals surface area contributed by atoms with Gasteiger partial charge in [0, 0.05) is 30.6 Å². The van der Waals surface area contributed by atoms with Gasteiger partial charge in [-0.1, -0.05) is 6.08 Å². The number of alkyl halides is 3. The molecule has 1 aromatic carbocycles. The molecule has 1 saturated heterocycles. The van der Waals surface area contributed by atoms with E-state index in [0.717, 1.165) is 12.1 Å². The molecule has 0 spiro atoms. The third-order valence-corrected chi connectivity index (χ3v) is 5.46. The van der Waals surface area contributed by atoms with Crippen LogP contribution < -0.4 is 4.74 Å². The number of halogens is 4. The first-order valence-electron chi connectivity index (χ1n) is 10.6. The van der Waals surface area contributed by atoms with Gasteiger partial charge >= 0.3 is 6.18 Å². The third-order valence-electron chi connectivity index (χ3n) is 5.46. The highest BCUT2D eigenvalue weighted by molar-refractivity contribution is 6.11. The zero-order chi connectivity index (χ0) is 24.9. The summed E-state index contributed by atoms with van der Waals surface area (Å²) in [5.74, 6) is -0.775. The van der Waals surface area contributed by atoms with E-state index >= 15 is 0 Å². The molecular weight excluding hydrogens is 452 g/mol. The van der Waals surface area contributed by atoms with Crippen molar-refractivity contribution in [2.24, 2.45) is 9.98 Å². The number of carbonyl (C=O) groups excluding carboxylic acids is 1. The molecule has 2 heterocycles. The number of piperidine rings is 1. The van der Waals surface area contributed by atoms with Gasteiger partial charge in [0.2, 0.25) is 5.88 Å². The third kappa shape index (κ3) is 5.67. The van der Waals surface area contributed by atoms with E-state index in [9.17, 15) is 22.4 Å². The van der Waals surface area contributed by atoms with Crippen LogP contribution in [0.2, 0.25) is 0 Å². The molecule has 1 aliphatic heterocycles. The number of aromatic nitrogens is 1. The fourth-order valence-corrected chi connectivity index (χ4v) is 3.71. The minimum absolute atomic E-state index is 0.0400. The Hall–Kier alpha value is -3.56. The first kappa shape index (κ1) is 25.1. The van der Waals surface area contributed by atoms with E-state index in [1.165, 1.54) is 24.4 Å². The van der Waals surface area contributed by atoms with E-state index in [1.807, 2.05) is 0 Å². The second-order valence-corrected chi connectivity index (χ2v) is 7.70. The number of amidine groups is 1. The number of allylic oxidation sites excluding steroid dienone is 1. The van der Waals surface area contributed by atoms with E-state index in [0.29, 0.717) is 25.6 Å². The molecule has 0 aliphatic carbocycles. The lowest BCUT2D eigenvalue weighted by Gasteiger charge is -2.39. The van der Waals surface area contributed by atoms with Crippen LogP contribution in [-0.2, 0) is 6.18 Å². The molecule has 1 aliphatic rings. The van der Waals surface area contributed by atoms with Crippen LogP contribution >= 0.6 is 0 Å². The largest absolute Gasteiger partial charge is 0.472 e. The molecular formula is C24H24F4N4O2. The first-order valence-corrected chi connectivity index (χ1v) is 10.6. The number of hydrogen-bond donors (Lipinski definition) is 0. The van der Waals surface area contributed by atoms with E-state index in [-0.39, 0.29) is 28.7 Å². The van der Waals surface area contributed by atoms with Gasteiger partial charge in [0.05, 0.1) is 17.2 Å². The molecule has 6 nitrogen and oxygen atoms in total. The summed E-state index contributed by atoms with van der Waals surface area (Å²) in [6.07, 6.45) is 0.0614. The van der Waals surface area contributed by atoms with Crippen molar-refractivity contribution < 1.29 is 27.1 Å². The summed E-state index contributed by atoms with van der Waals surface area (Å²) in [7, 11) is 0. The molecule has 1 aromatic heterocycles. The number of rotatable bonds is 5. The maximum absolute atomic E-state index is 14.0. The van der Waals surface area contributed by atoms with E-state index < -0.39 is 29.7 Å². The number of ether oxygens (including phenoxy) is 1. The lowest BCUT2D eigenvalue weighted by molar-refractivity contribution is -0.137. The van der Waals surface area contributed by atoms with Crippen molar-refractivity contribution in [1.82, 2.24) is 9.88 Å². The van der Waals surface area contributed by atoms with Gasteiger partial charge in [-0.3, -0.25) is 4.79 Å². The molecule has 2 atom stereocenters. The number of hydrogen-bond acceptors (Lipinski definition) is 4. The number of pyridine rings is 1. The fourth-order valence-electron chi connectivity index (χ4n) is 3.71. The minimum atomic E-state index is -4.49. The molecule has 180 valence electrons. The topological polar surface area (TPSA) is 67.2 Å². The van der Waals surface area contributed by atoms with Gasteiger partial charge in [-0.05, 0) is 57.7 Å². The van der Waals surface area contributed by atoms with Gasteiger partial charge in [0.1, 0.15) is 11.9 Å². The number of likely N-dealkylation sites (tertiary alicyclic amines) is 1. The van der Waals surface area contributed by atoms with Crippen LogP contribution in [0.4, 0.5) is 17.6 Å². The maximum Gasteiger partial charge on any atom is 0.417 e. The van der Waals surface area contributed by atoms with E-state index in [1.54, 1.807) is 24.8 Å². The van der Waals surface area contributed by atoms with Crippen molar-refractivity contribution in [3.63, 3.8) is 0 Å². The van der Waals surface area contributed by atoms with Crippen LogP contribution in [0.3, 0.4) is 0 Å². The fraction of sp³-hybridized carbons (Fsp3) is 0.333. The average Bonchev–Trinajstić information content (AvgIpc) is 2.80. The molecule has 34 heavy (non-hydrogen) atoms. The summed E-state index contributed by atoms with van der Waals surface area (Å²) in [5.41, 5.74) is -0.460. The number of benzene rings is 1. The highest BCUT2D eigenvalue weighted by Crippen LogP contribution is 2.30. The van der Waals surface area contributed by atoms with Crippen molar-refractivity contribution >= 4 is 18.5 Å². The predicted octanol–water partition coefficient (Wildman–Crippen LogP) is 5.29. The Balaban J connectivity index is 1.84. The molecule has 0 bridgehead atoms. The second kappa shape index (κ2) is 10.6. The van der Waals surface area contributed by atoms with Crippen molar-refractivity contribution in [3.8, 4) is 5.88 Å². The number of aliphatic imine (C=N–C) groups is 2. The Morgan fingerprint density at radius 3 is 2.65 bits per heavy atom. The van der Waals surface area contributed by atoms with Crippen molar-refractivity contribution in [1.29, 1.82) is 0 Å². The summed E-state index contributed by atoms with van der Waals surface area (Å²) in [4.78, 5) is 26.8. The summed E-state index contributed by atoms with van der Waals surface area (Å²) >= 11 is 0. The summed E-state index contributed by atoms with van der Waals surface area (Å²) in [6.45, 7) is 7.44. The van der Waals surface area contributed by atoms with Crippen molar-refractivity contribution in [2.75, 3.05) is 6.54 Å². The Morgan fingerprint density at radius 2 is 2.03 bits per heavy atom. The maximum atomic E-state index is 14.0. The van der Waals surface area contributed by atoms with Gasteiger partial charge in [0.15, 0.2) is 5.84 Å². The Morgan fingerprint density at radius 1 is 1.26 bits per heavy atom. The Bertz CT molecular complexity index is 1100. The highest BCUT2D eigenvalue weighted by Gasteiger charge is 2.35. The average molecular weight is 476 g/mol. The standard InChI is InChI=1S/C24H24F4N4O2/c1-4-11-30-22(29-3)19-13-17(25)8-9-18(19)23(33)32-12-5-6-20(15(32)2)34-21-10-7-16(14-31-21)24(26,27)28/h4,7-11,13-15,20H,3,5-6,12H2,1-2H3/b11-4-,30-22-/t15-,20+/m0/s1. The van der Waals surface area contributed by atoms with Crippen LogP contribution in [0.1, 0.15) is 48.2 Å².